The van der Waals surface area contributed by atoms with Crippen molar-refractivity contribution < 1.29 is 4.79 Å². The van der Waals surface area contributed by atoms with Crippen molar-refractivity contribution in [2.24, 2.45) is 11.3 Å². The maximum Gasteiger partial charge on any atom is 0.145 e. The molecule has 0 spiro atoms. The third-order valence-electron chi connectivity index (χ3n) is 5.61. The second-order valence-corrected chi connectivity index (χ2v) is 6.60. The average Bonchev–Trinajstić information content (AvgIpc) is 2.75. The van der Waals surface area contributed by atoms with E-state index in [1.54, 1.807) is 0 Å². The molecule has 0 N–H and O–H groups in total. The molecule has 0 radical (unpaired) electrons. The number of carbonyl (C=O) groups excluding carboxylic acids is 1. The SMILES string of the molecule is C=C(C)C1=C[C@]23CCCC[C@H]2[C@@]1(N(C)C)CC3=O. The van der Waals surface area contributed by atoms with Gasteiger partial charge in [-0.2, -0.15) is 0 Å². The van der Waals surface area contributed by atoms with Gasteiger partial charge in [0, 0.05) is 6.42 Å². The van der Waals surface area contributed by atoms with E-state index in [9.17, 15) is 4.79 Å². The van der Waals surface area contributed by atoms with Crippen molar-refractivity contribution in [2.75, 3.05) is 14.1 Å². The van der Waals surface area contributed by atoms with Crippen LogP contribution in [0.15, 0.2) is 23.8 Å². The minimum Gasteiger partial charge on any atom is -0.299 e. The Morgan fingerprint density at radius 1 is 1.44 bits per heavy atom. The summed E-state index contributed by atoms with van der Waals surface area (Å²) in [4.78, 5) is 14.9. The zero-order chi connectivity index (χ0) is 13.1. The van der Waals surface area contributed by atoms with E-state index in [2.05, 4.69) is 38.6 Å². The van der Waals surface area contributed by atoms with Gasteiger partial charge < -0.3 is 0 Å². The van der Waals surface area contributed by atoms with Gasteiger partial charge in [0.15, 0.2) is 0 Å². The van der Waals surface area contributed by atoms with Gasteiger partial charge >= 0.3 is 0 Å². The zero-order valence-corrected chi connectivity index (χ0v) is 11.8. The summed E-state index contributed by atoms with van der Waals surface area (Å²) in [6.45, 7) is 6.24. The van der Waals surface area contributed by atoms with Gasteiger partial charge in [-0.25, -0.2) is 0 Å². The first-order valence-electron chi connectivity index (χ1n) is 7.05. The molecule has 3 atom stereocenters. The van der Waals surface area contributed by atoms with Crippen LogP contribution in [0.25, 0.3) is 0 Å². The molecular formula is C16H23NO. The Morgan fingerprint density at radius 2 is 2.17 bits per heavy atom. The molecule has 0 unspecified atom stereocenters. The van der Waals surface area contributed by atoms with E-state index < -0.39 is 0 Å². The van der Waals surface area contributed by atoms with Crippen LogP contribution < -0.4 is 0 Å². The van der Waals surface area contributed by atoms with Crippen LogP contribution in [0.1, 0.15) is 39.0 Å². The van der Waals surface area contributed by atoms with Crippen LogP contribution in [0.5, 0.6) is 0 Å². The number of hydrogen-bond acceptors (Lipinski definition) is 2. The summed E-state index contributed by atoms with van der Waals surface area (Å²) in [5.41, 5.74) is 2.30. The molecule has 18 heavy (non-hydrogen) atoms. The van der Waals surface area contributed by atoms with E-state index >= 15 is 0 Å². The molecule has 0 aliphatic heterocycles. The van der Waals surface area contributed by atoms with Gasteiger partial charge in [0.2, 0.25) is 0 Å². The largest absolute Gasteiger partial charge is 0.299 e. The summed E-state index contributed by atoms with van der Waals surface area (Å²) < 4.78 is 0. The van der Waals surface area contributed by atoms with Crippen molar-refractivity contribution in [3.8, 4) is 0 Å². The number of nitrogens with zero attached hydrogens (tertiary/aromatic N) is 1. The summed E-state index contributed by atoms with van der Waals surface area (Å²) in [6.07, 6.45) is 7.72. The Hall–Kier alpha value is -0.890. The average molecular weight is 245 g/mol. The van der Waals surface area contributed by atoms with Crippen molar-refractivity contribution in [1.29, 1.82) is 0 Å². The van der Waals surface area contributed by atoms with E-state index in [0.29, 0.717) is 18.1 Å². The normalized spacial score (nSPS) is 42.1. The first-order chi connectivity index (χ1) is 8.45. The Bertz CT molecular complexity index is 462. The molecule has 0 heterocycles. The summed E-state index contributed by atoms with van der Waals surface area (Å²) in [7, 11) is 4.25. The van der Waals surface area contributed by atoms with Crippen molar-refractivity contribution in [3.63, 3.8) is 0 Å². The van der Waals surface area contributed by atoms with Crippen molar-refractivity contribution in [2.45, 2.75) is 44.6 Å². The van der Waals surface area contributed by atoms with E-state index in [-0.39, 0.29) is 11.0 Å². The van der Waals surface area contributed by atoms with Crippen molar-refractivity contribution in [3.05, 3.63) is 23.8 Å². The maximum atomic E-state index is 12.6. The van der Waals surface area contributed by atoms with Crippen LogP contribution >= 0.6 is 0 Å². The van der Waals surface area contributed by atoms with Crippen LogP contribution in [0.2, 0.25) is 0 Å². The number of ketones is 1. The molecular weight excluding hydrogens is 222 g/mol. The van der Waals surface area contributed by atoms with Gasteiger partial charge in [-0.15, -0.1) is 0 Å². The van der Waals surface area contributed by atoms with Gasteiger partial charge in [0.1, 0.15) is 5.78 Å². The highest BCUT2D eigenvalue weighted by atomic mass is 16.1. The van der Waals surface area contributed by atoms with E-state index in [1.165, 1.54) is 24.8 Å². The fourth-order valence-corrected chi connectivity index (χ4v) is 4.85. The second-order valence-electron chi connectivity index (χ2n) is 6.60. The van der Waals surface area contributed by atoms with Crippen LogP contribution in [0.3, 0.4) is 0 Å². The van der Waals surface area contributed by atoms with E-state index in [0.717, 1.165) is 12.0 Å². The summed E-state index contributed by atoms with van der Waals surface area (Å²) in [5.74, 6) is 0.971. The fourth-order valence-electron chi connectivity index (χ4n) is 4.85. The number of Topliss-reactive ketones (excluding diaryl/α,β-unsaturated/α-hetero) is 1. The third-order valence-corrected chi connectivity index (χ3v) is 5.61. The molecule has 98 valence electrons. The molecule has 3 rings (SSSR count). The fraction of sp³-hybridized carbons (Fsp3) is 0.688. The molecule has 2 heteroatoms. The van der Waals surface area contributed by atoms with Gasteiger partial charge in [0.25, 0.3) is 0 Å². The minimum atomic E-state index is -0.142. The highest BCUT2D eigenvalue weighted by Gasteiger charge is 2.68. The topological polar surface area (TPSA) is 20.3 Å². The molecule has 0 aromatic carbocycles. The summed E-state index contributed by atoms with van der Waals surface area (Å²) in [6, 6.07) is 0. The molecule has 2 saturated carbocycles. The lowest BCUT2D eigenvalue weighted by Gasteiger charge is -2.43. The number of rotatable bonds is 2. The third kappa shape index (κ3) is 1.15. The van der Waals surface area contributed by atoms with Gasteiger partial charge in [-0.1, -0.05) is 31.1 Å². The summed E-state index contributed by atoms with van der Waals surface area (Å²) in [5, 5.41) is 0. The van der Waals surface area contributed by atoms with Crippen LogP contribution in [0.4, 0.5) is 0 Å². The Morgan fingerprint density at radius 3 is 2.78 bits per heavy atom. The quantitative estimate of drug-likeness (QED) is 0.745. The lowest BCUT2D eigenvalue weighted by atomic mass is 9.68. The molecule has 0 saturated heterocycles. The van der Waals surface area contributed by atoms with Crippen LogP contribution in [-0.2, 0) is 4.79 Å². The molecule has 0 amide bonds. The monoisotopic (exact) mass is 245 g/mol. The van der Waals surface area contributed by atoms with Gasteiger partial charge in [-0.3, -0.25) is 9.69 Å². The Kier molecular flexibility index (Phi) is 2.41. The Balaban J connectivity index is 2.20. The molecule has 2 nitrogen and oxygen atoms in total. The predicted molar refractivity (Wildman–Crippen MR) is 73.3 cm³/mol. The highest BCUT2D eigenvalue weighted by molar-refractivity contribution is 5.95. The van der Waals surface area contributed by atoms with Crippen LogP contribution in [-0.4, -0.2) is 30.3 Å². The standard InChI is InChI=1S/C16H23NO/c1-11(2)12-9-15-8-6-5-7-13(15)16(12,17(3)4)10-14(15)18/h9,13H,1,5-8,10H2,2-4H3/t13-,15-,16-/m1/s1. The molecule has 3 aliphatic carbocycles. The number of carbonyl (C=O) groups is 1. The van der Waals surface area contributed by atoms with Crippen molar-refractivity contribution in [1.82, 2.24) is 4.90 Å². The number of hydrogen-bond donors (Lipinski definition) is 0. The Labute approximate surface area is 110 Å². The summed E-state index contributed by atoms with van der Waals surface area (Å²) >= 11 is 0. The molecule has 2 bridgehead atoms. The first kappa shape index (κ1) is 12.2. The van der Waals surface area contributed by atoms with Gasteiger partial charge in [0.05, 0.1) is 11.0 Å². The predicted octanol–water partition coefficient (Wildman–Crippen LogP) is 2.95. The lowest BCUT2D eigenvalue weighted by Crippen LogP contribution is -2.49. The number of likely N-dealkylation sites (N-methyl/N-ethyl adjacent to an activating group) is 1. The van der Waals surface area contributed by atoms with Gasteiger partial charge in [-0.05, 0) is 45.4 Å². The second kappa shape index (κ2) is 3.57. The first-order valence-corrected chi connectivity index (χ1v) is 7.05. The lowest BCUT2D eigenvalue weighted by molar-refractivity contribution is -0.125. The molecule has 2 fully saturated rings. The molecule has 3 aliphatic rings. The minimum absolute atomic E-state index is 0.0522. The maximum absolute atomic E-state index is 12.6. The van der Waals surface area contributed by atoms with E-state index in [4.69, 9.17) is 0 Å². The van der Waals surface area contributed by atoms with Crippen LogP contribution in [0, 0.1) is 11.3 Å². The molecule has 0 aromatic heterocycles. The number of allylic oxidation sites excluding steroid dienone is 1. The van der Waals surface area contributed by atoms with E-state index in [1.807, 2.05) is 0 Å². The molecule has 0 aromatic rings. The smallest absolute Gasteiger partial charge is 0.145 e. The zero-order valence-electron chi connectivity index (χ0n) is 11.8. The van der Waals surface area contributed by atoms with Crippen molar-refractivity contribution >= 4 is 5.78 Å². The highest BCUT2D eigenvalue weighted by Crippen LogP contribution is 2.65.